The zero-order valence-corrected chi connectivity index (χ0v) is 19.3. The normalized spacial score (nSPS) is 19.4. The van der Waals surface area contributed by atoms with Crippen LogP contribution in [-0.4, -0.2) is 17.8 Å². The number of halogens is 4. The molecule has 0 aliphatic carbocycles. The van der Waals surface area contributed by atoms with Crippen LogP contribution in [0.25, 0.3) is 0 Å². The van der Waals surface area contributed by atoms with Gasteiger partial charge in [0, 0.05) is 27.6 Å². The van der Waals surface area contributed by atoms with Gasteiger partial charge in [0.15, 0.2) is 0 Å². The summed E-state index contributed by atoms with van der Waals surface area (Å²) in [6.45, 7) is 0. The fourth-order valence-corrected chi connectivity index (χ4v) is 5.03. The van der Waals surface area contributed by atoms with Crippen molar-refractivity contribution in [1.82, 2.24) is 5.01 Å². The van der Waals surface area contributed by atoms with Gasteiger partial charge < -0.3 is 9.47 Å². The fourth-order valence-electron chi connectivity index (χ4n) is 3.98. The third-order valence-electron chi connectivity index (χ3n) is 5.46. The van der Waals surface area contributed by atoms with Crippen LogP contribution in [0.1, 0.15) is 35.4 Å². The number of hydrazone groups is 1. The van der Waals surface area contributed by atoms with Crippen molar-refractivity contribution in [2.45, 2.75) is 18.7 Å². The lowest BCUT2D eigenvalue weighted by molar-refractivity contribution is -0.0188. The minimum Gasteiger partial charge on any atom is -0.497 e. The first kappa shape index (κ1) is 20.8. The predicted octanol–water partition coefficient (Wildman–Crippen LogP) is 7.55. The molecule has 5 rings (SSSR count). The molecule has 4 nitrogen and oxygen atoms in total. The molecule has 2 aliphatic rings. The molecule has 0 bridgehead atoms. The highest BCUT2D eigenvalue weighted by Crippen LogP contribution is 2.51. The van der Waals surface area contributed by atoms with E-state index in [9.17, 15) is 0 Å². The highest BCUT2D eigenvalue weighted by Gasteiger charge is 2.42. The van der Waals surface area contributed by atoms with Crippen molar-refractivity contribution in [3.05, 3.63) is 91.4 Å². The van der Waals surface area contributed by atoms with Crippen LogP contribution in [0.15, 0.2) is 59.7 Å². The zero-order valence-electron chi connectivity index (χ0n) is 16.3. The fraction of sp³-hybridized carbons (Fsp3) is 0.174. The van der Waals surface area contributed by atoms with E-state index in [1.54, 1.807) is 25.3 Å². The first-order valence-corrected chi connectivity index (χ1v) is 11.1. The van der Waals surface area contributed by atoms with Gasteiger partial charge in [0.25, 0.3) is 0 Å². The molecule has 0 N–H and O–H groups in total. The van der Waals surface area contributed by atoms with E-state index in [1.165, 1.54) is 0 Å². The molecule has 31 heavy (non-hydrogen) atoms. The second kappa shape index (κ2) is 8.10. The summed E-state index contributed by atoms with van der Waals surface area (Å²) >= 11 is 25.4. The average molecular weight is 494 g/mol. The molecule has 8 heteroatoms. The van der Waals surface area contributed by atoms with Gasteiger partial charge in [-0.05, 0) is 54.1 Å². The molecule has 0 saturated heterocycles. The average Bonchev–Trinajstić information content (AvgIpc) is 3.20. The molecule has 0 radical (unpaired) electrons. The lowest BCUT2D eigenvalue weighted by atomic mass is 9.96. The first-order valence-electron chi connectivity index (χ1n) is 9.55. The number of methoxy groups -OCH3 is 1. The highest BCUT2D eigenvalue weighted by atomic mass is 35.5. The van der Waals surface area contributed by atoms with E-state index >= 15 is 0 Å². The monoisotopic (exact) mass is 492 g/mol. The quantitative estimate of drug-likeness (QED) is 0.377. The molecule has 3 aromatic rings. The number of rotatable bonds is 3. The van der Waals surface area contributed by atoms with Gasteiger partial charge in [0.1, 0.15) is 11.5 Å². The summed E-state index contributed by atoms with van der Waals surface area (Å²) in [5, 5.41) is 8.89. The van der Waals surface area contributed by atoms with Crippen LogP contribution in [0, 0.1) is 0 Å². The largest absolute Gasteiger partial charge is 0.497 e. The Balaban J connectivity index is 1.62. The Morgan fingerprint density at radius 3 is 2.35 bits per heavy atom. The topological polar surface area (TPSA) is 34.1 Å². The van der Waals surface area contributed by atoms with Gasteiger partial charge in [-0.2, -0.15) is 5.10 Å². The maximum Gasteiger partial charge on any atom is 0.215 e. The Morgan fingerprint density at radius 2 is 1.65 bits per heavy atom. The maximum atomic E-state index is 6.52. The van der Waals surface area contributed by atoms with Crippen LogP contribution < -0.4 is 9.47 Å². The number of nitrogens with zero attached hydrogens (tertiary/aromatic N) is 2. The van der Waals surface area contributed by atoms with E-state index in [0.717, 1.165) is 28.2 Å². The number of hydrogen-bond acceptors (Lipinski definition) is 4. The van der Waals surface area contributed by atoms with Crippen molar-refractivity contribution in [3.8, 4) is 11.5 Å². The van der Waals surface area contributed by atoms with Gasteiger partial charge in [-0.15, -0.1) is 0 Å². The summed E-state index contributed by atoms with van der Waals surface area (Å²) in [5.74, 6) is 1.38. The van der Waals surface area contributed by atoms with E-state index in [1.807, 2.05) is 41.4 Å². The molecular formula is C23H16Cl4N2O2. The molecule has 0 amide bonds. The summed E-state index contributed by atoms with van der Waals surface area (Å²) in [5.41, 5.74) is 3.58. The molecule has 0 fully saturated rings. The maximum absolute atomic E-state index is 6.52. The van der Waals surface area contributed by atoms with Gasteiger partial charge in [-0.25, -0.2) is 5.01 Å². The van der Waals surface area contributed by atoms with Gasteiger partial charge in [-0.3, -0.25) is 0 Å². The zero-order chi connectivity index (χ0) is 21.7. The Labute approximate surface area is 199 Å². The van der Waals surface area contributed by atoms with Crippen molar-refractivity contribution >= 4 is 52.1 Å². The summed E-state index contributed by atoms with van der Waals surface area (Å²) < 4.78 is 11.6. The number of ether oxygens (including phenoxy) is 2. The predicted molar refractivity (Wildman–Crippen MR) is 125 cm³/mol. The molecule has 2 heterocycles. The molecule has 3 aromatic carbocycles. The van der Waals surface area contributed by atoms with Crippen LogP contribution in [-0.2, 0) is 0 Å². The summed E-state index contributed by atoms with van der Waals surface area (Å²) in [7, 11) is 1.64. The van der Waals surface area contributed by atoms with E-state index in [2.05, 4.69) is 0 Å². The smallest absolute Gasteiger partial charge is 0.215 e. The van der Waals surface area contributed by atoms with E-state index in [4.69, 9.17) is 61.0 Å². The van der Waals surface area contributed by atoms with E-state index in [-0.39, 0.29) is 6.04 Å². The molecular weight excluding hydrogens is 478 g/mol. The third-order valence-corrected chi connectivity index (χ3v) is 6.52. The van der Waals surface area contributed by atoms with Crippen molar-refractivity contribution in [2.75, 3.05) is 7.11 Å². The van der Waals surface area contributed by atoms with Crippen molar-refractivity contribution < 1.29 is 9.47 Å². The summed E-state index contributed by atoms with van der Waals surface area (Å²) in [4.78, 5) is 0. The van der Waals surface area contributed by atoms with Crippen LogP contribution >= 0.6 is 46.4 Å². The van der Waals surface area contributed by atoms with E-state index < -0.39 is 6.23 Å². The molecule has 0 unspecified atom stereocenters. The van der Waals surface area contributed by atoms with Crippen molar-refractivity contribution in [2.24, 2.45) is 5.10 Å². The molecule has 0 saturated carbocycles. The van der Waals surface area contributed by atoms with Gasteiger partial charge in [0.2, 0.25) is 6.23 Å². The van der Waals surface area contributed by atoms with Gasteiger partial charge in [0.05, 0.1) is 28.9 Å². The number of hydrogen-bond donors (Lipinski definition) is 0. The standard InChI is InChI=1S/C23H16Cl4N2O2/c1-30-15-5-2-12(3-6-15)20-11-21-17-8-14(25)10-19(27)22(17)31-23(29(21)28-20)16-7-4-13(24)9-18(16)26/h2-10,21,23H,11H2,1H3/t21-,23-/m1/s1. The minimum absolute atomic E-state index is 0.103. The van der Waals surface area contributed by atoms with Crippen LogP contribution in [0.3, 0.4) is 0 Å². The van der Waals surface area contributed by atoms with Crippen LogP contribution in [0.2, 0.25) is 20.1 Å². The molecule has 2 atom stereocenters. The Bertz CT molecular complexity index is 1200. The Morgan fingerprint density at radius 1 is 0.903 bits per heavy atom. The SMILES string of the molecule is COc1ccc(C2=NN3[C@H](C2)c2cc(Cl)cc(Cl)c2O[C@@H]3c2ccc(Cl)cc2Cl)cc1. The van der Waals surface area contributed by atoms with E-state index in [0.29, 0.717) is 32.3 Å². The minimum atomic E-state index is -0.559. The molecule has 2 aliphatic heterocycles. The first-order chi connectivity index (χ1) is 14.9. The molecule has 0 aromatic heterocycles. The van der Waals surface area contributed by atoms with Crippen LogP contribution in [0.4, 0.5) is 0 Å². The highest BCUT2D eigenvalue weighted by molar-refractivity contribution is 6.36. The van der Waals surface area contributed by atoms with Crippen molar-refractivity contribution in [1.29, 1.82) is 0 Å². The van der Waals surface area contributed by atoms with Crippen molar-refractivity contribution in [3.63, 3.8) is 0 Å². The lowest BCUT2D eigenvalue weighted by Gasteiger charge is -2.39. The second-order valence-electron chi connectivity index (χ2n) is 7.32. The number of benzene rings is 3. The third kappa shape index (κ3) is 3.72. The molecule has 158 valence electrons. The molecule has 0 spiro atoms. The summed E-state index contributed by atoms with van der Waals surface area (Å²) in [6, 6.07) is 16.6. The lowest BCUT2D eigenvalue weighted by Crippen LogP contribution is -2.34. The van der Waals surface area contributed by atoms with Gasteiger partial charge >= 0.3 is 0 Å². The number of fused-ring (bicyclic) bond motifs is 3. The Hall–Kier alpha value is -2.11. The summed E-state index contributed by atoms with van der Waals surface area (Å²) in [6.07, 6.45) is 0.109. The van der Waals surface area contributed by atoms with Crippen LogP contribution in [0.5, 0.6) is 11.5 Å². The Kier molecular flexibility index (Phi) is 5.43. The second-order valence-corrected chi connectivity index (χ2v) is 9.00. The van der Waals surface area contributed by atoms with Gasteiger partial charge in [-0.1, -0.05) is 52.5 Å².